The summed E-state index contributed by atoms with van der Waals surface area (Å²) in [7, 11) is 0. The van der Waals surface area contributed by atoms with E-state index in [1.165, 1.54) is 12.3 Å². The van der Waals surface area contributed by atoms with Crippen molar-refractivity contribution in [1.82, 2.24) is 4.90 Å². The van der Waals surface area contributed by atoms with Crippen molar-refractivity contribution in [2.24, 2.45) is 5.92 Å². The summed E-state index contributed by atoms with van der Waals surface area (Å²) >= 11 is 0. The first-order chi connectivity index (χ1) is 5.11. The quantitative estimate of drug-likeness (QED) is 0.564. The predicted octanol–water partition coefficient (Wildman–Crippen LogP) is 1.80. The Morgan fingerprint density at radius 3 is 2.36 bits per heavy atom. The summed E-state index contributed by atoms with van der Waals surface area (Å²) in [6.07, 6.45) is 2.83. The standard InChI is InChI=1S/C9H15NO/c1-5-9(11)10(6-2)7-8(3)4/h5-6,8H,1-2,7H2,3-4H3. The lowest BCUT2D eigenvalue weighted by Crippen LogP contribution is -2.27. The van der Waals surface area contributed by atoms with E-state index in [1.807, 2.05) is 13.8 Å². The zero-order valence-corrected chi connectivity index (χ0v) is 7.21. The molecule has 0 N–H and O–H groups in total. The topological polar surface area (TPSA) is 20.3 Å². The Kier molecular flexibility index (Phi) is 4.27. The minimum atomic E-state index is -0.0892. The lowest BCUT2D eigenvalue weighted by Gasteiger charge is -2.17. The van der Waals surface area contributed by atoms with Crippen LogP contribution >= 0.6 is 0 Å². The summed E-state index contributed by atoms with van der Waals surface area (Å²) in [6.45, 7) is 11.7. The third kappa shape index (κ3) is 3.61. The molecular formula is C9H15NO. The van der Waals surface area contributed by atoms with E-state index >= 15 is 0 Å². The number of nitrogens with zero attached hydrogens (tertiary/aromatic N) is 1. The molecule has 2 heteroatoms. The molecule has 0 rings (SSSR count). The molecule has 0 aliphatic heterocycles. The van der Waals surface area contributed by atoms with Crippen LogP contribution in [0, 0.1) is 5.92 Å². The minimum Gasteiger partial charge on any atom is -0.316 e. The van der Waals surface area contributed by atoms with Crippen molar-refractivity contribution < 1.29 is 4.79 Å². The van der Waals surface area contributed by atoms with Crippen molar-refractivity contribution in [1.29, 1.82) is 0 Å². The highest BCUT2D eigenvalue weighted by atomic mass is 16.2. The van der Waals surface area contributed by atoms with Gasteiger partial charge in [0.2, 0.25) is 5.91 Å². The van der Waals surface area contributed by atoms with Gasteiger partial charge >= 0.3 is 0 Å². The zero-order valence-electron chi connectivity index (χ0n) is 7.21. The third-order valence-corrected chi connectivity index (χ3v) is 1.24. The van der Waals surface area contributed by atoms with Gasteiger partial charge in [-0.2, -0.15) is 0 Å². The second kappa shape index (κ2) is 4.72. The molecule has 0 aliphatic rings. The molecule has 2 nitrogen and oxygen atoms in total. The van der Waals surface area contributed by atoms with Gasteiger partial charge in [-0.05, 0) is 18.2 Å². The first-order valence-corrected chi connectivity index (χ1v) is 3.67. The van der Waals surface area contributed by atoms with Crippen LogP contribution in [-0.4, -0.2) is 17.4 Å². The Labute approximate surface area is 68.2 Å². The summed E-state index contributed by atoms with van der Waals surface area (Å²) in [5.41, 5.74) is 0. The maximum atomic E-state index is 11.0. The van der Waals surface area contributed by atoms with Crippen LogP contribution in [0.1, 0.15) is 13.8 Å². The normalized spacial score (nSPS) is 9.36. The zero-order chi connectivity index (χ0) is 8.85. The van der Waals surface area contributed by atoms with Gasteiger partial charge in [-0.15, -0.1) is 0 Å². The second-order valence-corrected chi connectivity index (χ2v) is 2.77. The highest BCUT2D eigenvalue weighted by molar-refractivity contribution is 5.87. The van der Waals surface area contributed by atoms with E-state index in [1.54, 1.807) is 4.90 Å². The third-order valence-electron chi connectivity index (χ3n) is 1.24. The maximum absolute atomic E-state index is 11.0. The van der Waals surface area contributed by atoms with Gasteiger partial charge in [0.1, 0.15) is 0 Å². The lowest BCUT2D eigenvalue weighted by molar-refractivity contribution is -0.123. The summed E-state index contributed by atoms with van der Waals surface area (Å²) in [4.78, 5) is 12.6. The largest absolute Gasteiger partial charge is 0.316 e. The van der Waals surface area contributed by atoms with Crippen molar-refractivity contribution >= 4 is 5.91 Å². The molecule has 0 bridgehead atoms. The summed E-state index contributed by atoms with van der Waals surface area (Å²) in [5.74, 6) is 0.366. The van der Waals surface area contributed by atoms with E-state index in [-0.39, 0.29) is 5.91 Å². The van der Waals surface area contributed by atoms with Crippen LogP contribution in [0.3, 0.4) is 0 Å². The van der Waals surface area contributed by atoms with Gasteiger partial charge in [0, 0.05) is 6.54 Å². The van der Waals surface area contributed by atoms with Crippen molar-refractivity contribution in [2.75, 3.05) is 6.54 Å². The van der Waals surface area contributed by atoms with Crippen LogP contribution in [0.15, 0.2) is 25.4 Å². The molecule has 0 atom stereocenters. The fourth-order valence-corrected chi connectivity index (χ4v) is 0.765. The van der Waals surface area contributed by atoms with E-state index in [9.17, 15) is 4.79 Å². The summed E-state index contributed by atoms with van der Waals surface area (Å²) < 4.78 is 0. The van der Waals surface area contributed by atoms with Gasteiger partial charge in [0.15, 0.2) is 0 Å². The van der Waals surface area contributed by atoms with Gasteiger partial charge < -0.3 is 4.90 Å². The van der Waals surface area contributed by atoms with E-state index in [2.05, 4.69) is 13.2 Å². The average molecular weight is 153 g/mol. The molecule has 0 unspecified atom stereocenters. The average Bonchev–Trinajstić information content (AvgIpc) is 1.98. The monoisotopic (exact) mass is 153 g/mol. The molecule has 0 aromatic carbocycles. The van der Waals surface area contributed by atoms with Crippen molar-refractivity contribution in [3.63, 3.8) is 0 Å². The van der Waals surface area contributed by atoms with E-state index in [4.69, 9.17) is 0 Å². The molecule has 62 valence electrons. The molecule has 0 aromatic rings. The molecule has 0 aliphatic carbocycles. The molecule has 0 fully saturated rings. The number of carbonyl (C=O) groups excluding carboxylic acids is 1. The number of carbonyl (C=O) groups is 1. The second-order valence-electron chi connectivity index (χ2n) is 2.77. The lowest BCUT2D eigenvalue weighted by atomic mass is 10.2. The van der Waals surface area contributed by atoms with Crippen LogP contribution in [0.25, 0.3) is 0 Å². The maximum Gasteiger partial charge on any atom is 0.249 e. The van der Waals surface area contributed by atoms with E-state index in [0.717, 1.165) is 0 Å². The Morgan fingerprint density at radius 2 is 2.09 bits per heavy atom. The first kappa shape index (κ1) is 9.95. The minimum absolute atomic E-state index is 0.0892. The molecular weight excluding hydrogens is 138 g/mol. The number of hydrogen-bond acceptors (Lipinski definition) is 1. The fraction of sp³-hybridized carbons (Fsp3) is 0.444. The number of hydrogen-bond donors (Lipinski definition) is 0. The number of rotatable bonds is 4. The predicted molar refractivity (Wildman–Crippen MR) is 46.9 cm³/mol. The highest BCUT2D eigenvalue weighted by Gasteiger charge is 2.06. The van der Waals surface area contributed by atoms with Gasteiger partial charge in [0.05, 0.1) is 0 Å². The smallest absolute Gasteiger partial charge is 0.249 e. The number of amides is 1. The Morgan fingerprint density at radius 1 is 1.55 bits per heavy atom. The Bertz CT molecular complexity index is 161. The first-order valence-electron chi connectivity index (χ1n) is 3.67. The Hall–Kier alpha value is -1.05. The Balaban J connectivity index is 4.05. The van der Waals surface area contributed by atoms with Crippen LogP contribution < -0.4 is 0 Å². The fourth-order valence-electron chi connectivity index (χ4n) is 0.765. The molecule has 11 heavy (non-hydrogen) atoms. The highest BCUT2D eigenvalue weighted by Crippen LogP contribution is 1.99. The molecule has 1 amide bonds. The molecule has 0 saturated carbocycles. The van der Waals surface area contributed by atoms with Gasteiger partial charge in [-0.3, -0.25) is 4.79 Å². The molecule has 0 spiro atoms. The van der Waals surface area contributed by atoms with E-state index in [0.29, 0.717) is 12.5 Å². The van der Waals surface area contributed by atoms with Gasteiger partial charge in [-0.1, -0.05) is 27.0 Å². The summed E-state index contributed by atoms with van der Waals surface area (Å²) in [6, 6.07) is 0. The molecule has 0 radical (unpaired) electrons. The van der Waals surface area contributed by atoms with Gasteiger partial charge in [0.25, 0.3) is 0 Å². The van der Waals surface area contributed by atoms with Crippen LogP contribution in [0.2, 0.25) is 0 Å². The molecule has 0 aromatic heterocycles. The SMILES string of the molecule is C=CC(=O)N(C=C)CC(C)C. The van der Waals surface area contributed by atoms with E-state index < -0.39 is 0 Å². The van der Waals surface area contributed by atoms with Crippen LogP contribution in [-0.2, 0) is 4.79 Å². The molecule has 0 saturated heterocycles. The molecule has 0 heterocycles. The van der Waals surface area contributed by atoms with Crippen molar-refractivity contribution in [2.45, 2.75) is 13.8 Å². The summed E-state index contributed by atoms with van der Waals surface area (Å²) in [5, 5.41) is 0. The van der Waals surface area contributed by atoms with Gasteiger partial charge in [-0.25, -0.2) is 0 Å². The van der Waals surface area contributed by atoms with Crippen molar-refractivity contribution in [3.05, 3.63) is 25.4 Å². The van der Waals surface area contributed by atoms with Crippen molar-refractivity contribution in [3.8, 4) is 0 Å². The van der Waals surface area contributed by atoms with Crippen LogP contribution in [0.4, 0.5) is 0 Å². The van der Waals surface area contributed by atoms with Crippen LogP contribution in [0.5, 0.6) is 0 Å².